The molecule has 0 saturated heterocycles. The Morgan fingerprint density at radius 2 is 1.14 bits per heavy atom. The van der Waals surface area contributed by atoms with Gasteiger partial charge in [0.2, 0.25) is 5.88 Å². The molecule has 5 aromatic carbocycles. The number of pyridine rings is 1. The van der Waals surface area contributed by atoms with Crippen LogP contribution >= 0.6 is 11.6 Å². The van der Waals surface area contributed by atoms with E-state index in [0.717, 1.165) is 55.6 Å². The van der Waals surface area contributed by atoms with E-state index in [1.807, 2.05) is 88.9 Å². The van der Waals surface area contributed by atoms with E-state index in [4.69, 9.17) is 26.2 Å². The molecule has 3 N–H and O–H groups in total. The van der Waals surface area contributed by atoms with Gasteiger partial charge in [0.15, 0.2) is 0 Å². The molecule has 12 heteroatoms. The lowest BCUT2D eigenvalue weighted by Crippen LogP contribution is -2.27. The molecule has 0 aliphatic rings. The molecule has 0 spiro atoms. The van der Waals surface area contributed by atoms with Crippen LogP contribution in [0.3, 0.4) is 0 Å². The van der Waals surface area contributed by atoms with Crippen molar-refractivity contribution in [3.63, 3.8) is 0 Å². The average molecular weight is 873 g/mol. The van der Waals surface area contributed by atoms with Crippen LogP contribution in [-0.4, -0.2) is 92.0 Å². The smallest absolute Gasteiger partial charge is 0.335 e. The van der Waals surface area contributed by atoms with Gasteiger partial charge in [0.1, 0.15) is 22.8 Å². The summed E-state index contributed by atoms with van der Waals surface area (Å²) in [4.78, 5) is 43.7. The number of para-hydroxylation sites is 2. The number of benzene rings is 5. The van der Waals surface area contributed by atoms with Crippen molar-refractivity contribution < 1.29 is 29.0 Å². The lowest BCUT2D eigenvalue weighted by atomic mass is 10.0. The number of aromatic carboxylic acids is 1. The molecule has 2 amide bonds. The summed E-state index contributed by atoms with van der Waals surface area (Å²) in [5, 5.41) is 15.3. The first-order valence-electron chi connectivity index (χ1n) is 20.9. The summed E-state index contributed by atoms with van der Waals surface area (Å²) in [7, 11) is 8.04. The first-order valence-corrected chi connectivity index (χ1v) is 21.3. The predicted octanol–water partition coefficient (Wildman–Crippen LogP) is 10.4. The zero-order valence-electron chi connectivity index (χ0n) is 36.7. The van der Waals surface area contributed by atoms with Gasteiger partial charge in [-0.1, -0.05) is 91.7 Å². The third kappa shape index (κ3) is 17.8. The average Bonchev–Trinajstić information content (AvgIpc) is 3.29. The first kappa shape index (κ1) is 49.1. The molecule has 1 heterocycles. The van der Waals surface area contributed by atoms with Crippen LogP contribution in [0.25, 0.3) is 11.1 Å². The number of carbonyl (C=O) groups is 3. The normalized spacial score (nSPS) is 10.5. The van der Waals surface area contributed by atoms with Crippen molar-refractivity contribution in [1.29, 1.82) is 0 Å². The summed E-state index contributed by atoms with van der Waals surface area (Å²) in [6.45, 7) is 5.28. The van der Waals surface area contributed by atoms with Crippen LogP contribution < -0.4 is 20.1 Å². The molecule has 0 aliphatic heterocycles. The minimum absolute atomic E-state index is 0.106. The second-order valence-corrected chi connectivity index (χ2v) is 15.4. The van der Waals surface area contributed by atoms with Gasteiger partial charge in [-0.2, -0.15) is 0 Å². The molecule has 63 heavy (non-hydrogen) atoms. The first-order chi connectivity index (χ1) is 30.4. The summed E-state index contributed by atoms with van der Waals surface area (Å²) in [5.74, 6) is 0.954. The molecule has 6 rings (SSSR count). The van der Waals surface area contributed by atoms with Crippen molar-refractivity contribution in [1.82, 2.24) is 25.4 Å². The molecule has 0 fully saturated rings. The summed E-state index contributed by atoms with van der Waals surface area (Å²) in [5.41, 5.74) is 4.78. The van der Waals surface area contributed by atoms with Crippen LogP contribution in [0, 0.1) is 0 Å². The molecule has 1 aromatic heterocycles. The monoisotopic (exact) mass is 871 g/mol. The molecule has 0 saturated carbocycles. The van der Waals surface area contributed by atoms with Crippen LogP contribution in [0.2, 0.25) is 5.02 Å². The highest BCUT2D eigenvalue weighted by Gasteiger charge is 2.15. The molecule has 330 valence electrons. The third-order valence-corrected chi connectivity index (χ3v) is 9.49. The number of carboxylic acid groups (broad SMARTS) is 1. The second kappa shape index (κ2) is 26.7. The fourth-order valence-corrected chi connectivity index (χ4v) is 6.09. The Labute approximate surface area is 376 Å². The van der Waals surface area contributed by atoms with Gasteiger partial charge in [-0.25, -0.2) is 9.78 Å². The van der Waals surface area contributed by atoms with Crippen LogP contribution in [-0.2, 0) is 6.42 Å². The van der Waals surface area contributed by atoms with Crippen molar-refractivity contribution in [2.24, 2.45) is 0 Å². The summed E-state index contributed by atoms with van der Waals surface area (Å²) in [6.07, 6.45) is 5.63. The zero-order valence-corrected chi connectivity index (χ0v) is 37.5. The number of carboxylic acids is 1. The van der Waals surface area contributed by atoms with Crippen molar-refractivity contribution in [3.8, 4) is 34.3 Å². The standard InChI is InChI=1S/C18H22N2O2.C17H20ClN3O2.C16H16O2/c1-20(2)14-8-13-19-18(21)16-11-6-7-12-17(16)22-15-9-4-3-5-10-15;1-21(2)12-4-11-19-16(22)15-5-3-10-20-17(15)23-14-8-6-13(18)7-9-14;1-2-3-12-4-6-13(7-5-12)14-8-10-15(11-9-14)16(17)18/h3-7,9-12H,8,13-14H2,1-2H3,(H,19,21);3,5-10H,4,11-12H2,1-2H3,(H,19,22);4-11H,2-3H2,1H3,(H,17,18). The highest BCUT2D eigenvalue weighted by atomic mass is 35.5. The number of aryl methyl sites for hydroxylation is 1. The summed E-state index contributed by atoms with van der Waals surface area (Å²) < 4.78 is 11.5. The molecule has 0 atom stereocenters. The third-order valence-electron chi connectivity index (χ3n) is 9.24. The van der Waals surface area contributed by atoms with Crippen LogP contribution in [0.5, 0.6) is 23.1 Å². The van der Waals surface area contributed by atoms with E-state index >= 15 is 0 Å². The molecular weight excluding hydrogens is 814 g/mol. The van der Waals surface area contributed by atoms with Gasteiger partial charge in [0.05, 0.1) is 11.1 Å². The van der Waals surface area contributed by atoms with Gasteiger partial charge < -0.3 is 35.0 Å². The quantitative estimate of drug-likeness (QED) is 0.0722. The van der Waals surface area contributed by atoms with E-state index in [1.165, 1.54) is 5.56 Å². The number of amides is 2. The predicted molar refractivity (Wildman–Crippen MR) is 253 cm³/mol. The Morgan fingerprint density at radius 3 is 1.71 bits per heavy atom. The molecule has 0 radical (unpaired) electrons. The SMILES string of the molecule is CCCc1ccc(-c2ccc(C(=O)O)cc2)cc1.CN(C)CCCNC(=O)c1ccccc1Oc1ccccc1.CN(C)CCCNC(=O)c1cccnc1Oc1ccc(Cl)cc1. The van der Waals surface area contributed by atoms with Crippen LogP contribution in [0.4, 0.5) is 0 Å². The second-order valence-electron chi connectivity index (χ2n) is 15.0. The van der Waals surface area contributed by atoms with E-state index in [9.17, 15) is 14.4 Å². The van der Waals surface area contributed by atoms with Gasteiger partial charge in [-0.05, 0) is 150 Å². The fraction of sp³-hybridized carbons (Fsp3) is 0.255. The number of nitrogens with zero attached hydrogens (tertiary/aromatic N) is 3. The van der Waals surface area contributed by atoms with Crippen molar-refractivity contribution >= 4 is 29.4 Å². The zero-order chi connectivity index (χ0) is 45.4. The maximum Gasteiger partial charge on any atom is 0.335 e. The molecule has 11 nitrogen and oxygen atoms in total. The maximum atomic E-state index is 12.3. The summed E-state index contributed by atoms with van der Waals surface area (Å²) >= 11 is 5.85. The van der Waals surface area contributed by atoms with Crippen molar-refractivity contribution in [2.45, 2.75) is 32.6 Å². The number of rotatable bonds is 18. The van der Waals surface area contributed by atoms with Crippen molar-refractivity contribution in [2.75, 3.05) is 54.4 Å². The highest BCUT2D eigenvalue weighted by molar-refractivity contribution is 6.30. The van der Waals surface area contributed by atoms with Crippen LogP contribution in [0.1, 0.15) is 62.8 Å². The Balaban J connectivity index is 0.000000209. The van der Waals surface area contributed by atoms with E-state index in [1.54, 1.807) is 60.8 Å². The number of hydrogen-bond acceptors (Lipinski definition) is 8. The Kier molecular flexibility index (Phi) is 20.8. The molecule has 0 bridgehead atoms. The largest absolute Gasteiger partial charge is 0.478 e. The number of carbonyl (C=O) groups excluding carboxylic acids is 2. The Bertz CT molecular complexity index is 2290. The molecule has 0 unspecified atom stereocenters. The van der Waals surface area contributed by atoms with Gasteiger partial charge in [-0.3, -0.25) is 9.59 Å². The number of ether oxygens (including phenoxy) is 2. The highest BCUT2D eigenvalue weighted by Crippen LogP contribution is 2.26. The number of hydrogen-bond donors (Lipinski definition) is 3. The van der Waals surface area contributed by atoms with Gasteiger partial charge in [0.25, 0.3) is 11.8 Å². The topological polar surface area (TPSA) is 133 Å². The molecular formula is C51H58ClN5O6. The minimum Gasteiger partial charge on any atom is -0.478 e. The summed E-state index contributed by atoms with van der Waals surface area (Å²) in [6, 6.07) is 42.5. The van der Waals surface area contributed by atoms with E-state index in [-0.39, 0.29) is 17.7 Å². The Hall–Kier alpha value is -6.53. The van der Waals surface area contributed by atoms with Crippen molar-refractivity contribution in [3.05, 3.63) is 173 Å². The van der Waals surface area contributed by atoms with E-state index < -0.39 is 5.97 Å². The Morgan fingerprint density at radius 1 is 0.619 bits per heavy atom. The fourth-order valence-electron chi connectivity index (χ4n) is 5.96. The van der Waals surface area contributed by atoms with Gasteiger partial charge >= 0.3 is 5.97 Å². The number of nitrogens with one attached hydrogen (secondary N) is 2. The minimum atomic E-state index is -0.889. The molecule has 0 aliphatic carbocycles. The van der Waals surface area contributed by atoms with Gasteiger partial charge in [0, 0.05) is 24.3 Å². The van der Waals surface area contributed by atoms with Crippen LogP contribution in [0.15, 0.2) is 146 Å². The lowest BCUT2D eigenvalue weighted by Gasteiger charge is -2.12. The van der Waals surface area contributed by atoms with E-state index in [0.29, 0.717) is 46.3 Å². The number of aromatic nitrogens is 1. The lowest BCUT2D eigenvalue weighted by molar-refractivity contribution is 0.0696. The maximum absolute atomic E-state index is 12.3. The number of halogens is 1. The van der Waals surface area contributed by atoms with E-state index in [2.05, 4.69) is 56.6 Å². The van der Waals surface area contributed by atoms with Gasteiger partial charge in [-0.15, -0.1) is 0 Å². The molecule has 6 aromatic rings.